The van der Waals surface area contributed by atoms with Crippen LogP contribution < -0.4 is 10.1 Å². The Bertz CT molecular complexity index is 455. The summed E-state index contributed by atoms with van der Waals surface area (Å²) in [7, 11) is 4.95. The third-order valence-corrected chi connectivity index (χ3v) is 2.99. The van der Waals surface area contributed by atoms with Crippen LogP contribution in [0.1, 0.15) is 18.9 Å². The number of nitrogens with one attached hydrogen (secondary N) is 1. The van der Waals surface area contributed by atoms with E-state index in [9.17, 15) is 9.59 Å². The zero-order chi connectivity index (χ0) is 15.1. The van der Waals surface area contributed by atoms with E-state index < -0.39 is 6.04 Å². The minimum atomic E-state index is -0.492. The SMILES string of the molecule is COc1ccc(CCC(=O)NC(C)C(=O)N(C)C)cc1. The minimum Gasteiger partial charge on any atom is -0.497 e. The van der Waals surface area contributed by atoms with Crippen LogP contribution in [-0.2, 0) is 16.0 Å². The van der Waals surface area contributed by atoms with Gasteiger partial charge in [0.05, 0.1) is 7.11 Å². The predicted octanol–water partition coefficient (Wildman–Crippen LogP) is 1.22. The summed E-state index contributed by atoms with van der Waals surface area (Å²) in [6.07, 6.45) is 0.996. The number of amides is 2. The molecule has 0 aliphatic carbocycles. The van der Waals surface area contributed by atoms with Crippen LogP contribution in [0, 0.1) is 0 Å². The summed E-state index contributed by atoms with van der Waals surface area (Å²) in [5, 5.41) is 2.70. The molecule has 1 aromatic carbocycles. The van der Waals surface area contributed by atoms with Crippen molar-refractivity contribution in [1.82, 2.24) is 10.2 Å². The Morgan fingerprint density at radius 1 is 1.25 bits per heavy atom. The number of nitrogens with zero attached hydrogens (tertiary/aromatic N) is 1. The minimum absolute atomic E-state index is 0.109. The van der Waals surface area contributed by atoms with Crippen molar-refractivity contribution in [2.45, 2.75) is 25.8 Å². The number of carbonyl (C=O) groups excluding carboxylic acids is 2. The summed E-state index contributed by atoms with van der Waals surface area (Å²) >= 11 is 0. The van der Waals surface area contributed by atoms with E-state index in [1.807, 2.05) is 24.3 Å². The van der Waals surface area contributed by atoms with Crippen LogP contribution in [-0.4, -0.2) is 44.0 Å². The van der Waals surface area contributed by atoms with Gasteiger partial charge in [-0.25, -0.2) is 0 Å². The molecular formula is C15H22N2O3. The van der Waals surface area contributed by atoms with Crippen LogP contribution in [0.15, 0.2) is 24.3 Å². The lowest BCUT2D eigenvalue weighted by atomic mass is 10.1. The van der Waals surface area contributed by atoms with E-state index >= 15 is 0 Å². The maximum atomic E-state index is 11.8. The largest absolute Gasteiger partial charge is 0.497 e. The lowest BCUT2D eigenvalue weighted by Gasteiger charge is -2.17. The molecule has 110 valence electrons. The summed E-state index contributed by atoms with van der Waals surface area (Å²) in [5.74, 6) is 0.565. The van der Waals surface area contributed by atoms with E-state index in [4.69, 9.17) is 4.74 Å². The molecule has 0 heterocycles. The Morgan fingerprint density at radius 3 is 2.35 bits per heavy atom. The first kappa shape index (κ1) is 16.0. The second-order valence-electron chi connectivity index (χ2n) is 4.87. The van der Waals surface area contributed by atoms with Crippen molar-refractivity contribution in [3.8, 4) is 5.75 Å². The van der Waals surface area contributed by atoms with Crippen LogP contribution in [0.5, 0.6) is 5.75 Å². The molecule has 1 rings (SSSR count). The highest BCUT2D eigenvalue weighted by molar-refractivity contribution is 5.87. The van der Waals surface area contributed by atoms with Crippen molar-refractivity contribution in [1.29, 1.82) is 0 Å². The average Bonchev–Trinajstić information content (AvgIpc) is 2.44. The summed E-state index contributed by atoms with van der Waals surface area (Å²) in [5.41, 5.74) is 1.06. The molecule has 0 saturated heterocycles. The second kappa shape index (κ2) is 7.53. The fraction of sp³-hybridized carbons (Fsp3) is 0.467. The summed E-state index contributed by atoms with van der Waals surface area (Å²) in [6, 6.07) is 7.10. The molecule has 1 N–H and O–H groups in total. The monoisotopic (exact) mass is 278 g/mol. The van der Waals surface area contributed by atoms with Crippen molar-refractivity contribution < 1.29 is 14.3 Å². The predicted molar refractivity (Wildman–Crippen MR) is 77.6 cm³/mol. The van der Waals surface area contributed by atoms with Gasteiger partial charge < -0.3 is 15.0 Å². The number of carbonyl (C=O) groups is 2. The first-order chi connectivity index (χ1) is 9.43. The van der Waals surface area contributed by atoms with Crippen molar-refractivity contribution >= 4 is 11.8 Å². The third-order valence-electron chi connectivity index (χ3n) is 2.99. The van der Waals surface area contributed by atoms with Gasteiger partial charge in [0, 0.05) is 20.5 Å². The third kappa shape index (κ3) is 4.91. The van der Waals surface area contributed by atoms with Crippen LogP contribution in [0.25, 0.3) is 0 Å². The summed E-state index contributed by atoms with van der Waals surface area (Å²) in [4.78, 5) is 24.9. The molecule has 0 aromatic heterocycles. The van der Waals surface area contributed by atoms with Crippen molar-refractivity contribution in [2.75, 3.05) is 21.2 Å². The quantitative estimate of drug-likeness (QED) is 0.851. The van der Waals surface area contributed by atoms with Crippen molar-refractivity contribution in [2.24, 2.45) is 0 Å². The van der Waals surface area contributed by atoms with Gasteiger partial charge in [0.2, 0.25) is 11.8 Å². The average molecular weight is 278 g/mol. The molecule has 0 aliphatic rings. The number of methoxy groups -OCH3 is 1. The highest BCUT2D eigenvalue weighted by Crippen LogP contribution is 2.12. The molecule has 0 bridgehead atoms. The number of aryl methyl sites for hydroxylation is 1. The second-order valence-corrected chi connectivity index (χ2v) is 4.87. The molecule has 1 atom stereocenters. The van der Waals surface area contributed by atoms with Gasteiger partial charge in [0.25, 0.3) is 0 Å². The Morgan fingerprint density at radius 2 is 1.85 bits per heavy atom. The summed E-state index contributed by atoms with van der Waals surface area (Å²) < 4.78 is 5.07. The molecule has 0 radical (unpaired) electrons. The molecular weight excluding hydrogens is 256 g/mol. The fourth-order valence-corrected chi connectivity index (χ4v) is 1.81. The molecule has 2 amide bonds. The van der Waals surface area contributed by atoms with Gasteiger partial charge in [0.15, 0.2) is 0 Å². The number of ether oxygens (including phenoxy) is 1. The lowest BCUT2D eigenvalue weighted by Crippen LogP contribution is -2.44. The molecule has 0 saturated carbocycles. The van der Waals surface area contributed by atoms with Gasteiger partial charge in [-0.2, -0.15) is 0 Å². The molecule has 1 aromatic rings. The van der Waals surface area contributed by atoms with Gasteiger partial charge in [0.1, 0.15) is 11.8 Å². The summed E-state index contributed by atoms with van der Waals surface area (Å²) in [6.45, 7) is 1.69. The van der Waals surface area contributed by atoms with E-state index in [0.29, 0.717) is 12.8 Å². The fourth-order valence-electron chi connectivity index (χ4n) is 1.81. The van der Waals surface area contributed by atoms with E-state index in [1.54, 1.807) is 28.1 Å². The normalized spacial score (nSPS) is 11.6. The number of benzene rings is 1. The first-order valence-corrected chi connectivity index (χ1v) is 6.57. The number of rotatable bonds is 6. The molecule has 20 heavy (non-hydrogen) atoms. The zero-order valence-electron chi connectivity index (χ0n) is 12.5. The highest BCUT2D eigenvalue weighted by atomic mass is 16.5. The molecule has 0 spiro atoms. The van der Waals surface area contributed by atoms with Gasteiger partial charge in [-0.15, -0.1) is 0 Å². The number of likely N-dealkylation sites (N-methyl/N-ethyl adjacent to an activating group) is 1. The lowest BCUT2D eigenvalue weighted by molar-refractivity contribution is -0.133. The smallest absolute Gasteiger partial charge is 0.244 e. The topological polar surface area (TPSA) is 58.6 Å². The van der Waals surface area contributed by atoms with E-state index in [-0.39, 0.29) is 11.8 Å². The van der Waals surface area contributed by atoms with Gasteiger partial charge in [-0.1, -0.05) is 12.1 Å². The standard InChI is InChI=1S/C15H22N2O3/c1-11(15(19)17(2)3)16-14(18)10-7-12-5-8-13(20-4)9-6-12/h5-6,8-9,11H,7,10H2,1-4H3,(H,16,18). The Kier molecular flexibility index (Phi) is 6.03. The first-order valence-electron chi connectivity index (χ1n) is 6.57. The molecule has 5 heteroatoms. The molecule has 0 aliphatic heterocycles. The van der Waals surface area contributed by atoms with Crippen LogP contribution in [0.4, 0.5) is 0 Å². The highest BCUT2D eigenvalue weighted by Gasteiger charge is 2.16. The molecule has 0 fully saturated rings. The Balaban J connectivity index is 2.41. The molecule has 5 nitrogen and oxygen atoms in total. The number of hydrogen-bond donors (Lipinski definition) is 1. The van der Waals surface area contributed by atoms with E-state index in [1.165, 1.54) is 4.90 Å². The van der Waals surface area contributed by atoms with Gasteiger partial charge in [-0.3, -0.25) is 9.59 Å². The van der Waals surface area contributed by atoms with E-state index in [2.05, 4.69) is 5.32 Å². The van der Waals surface area contributed by atoms with E-state index in [0.717, 1.165) is 11.3 Å². The molecule has 1 unspecified atom stereocenters. The maximum Gasteiger partial charge on any atom is 0.244 e. The maximum absolute atomic E-state index is 11.8. The van der Waals surface area contributed by atoms with Gasteiger partial charge >= 0.3 is 0 Å². The van der Waals surface area contributed by atoms with Crippen LogP contribution in [0.2, 0.25) is 0 Å². The van der Waals surface area contributed by atoms with Crippen LogP contribution >= 0.6 is 0 Å². The Labute approximate surface area is 119 Å². The van der Waals surface area contributed by atoms with Crippen molar-refractivity contribution in [3.63, 3.8) is 0 Å². The van der Waals surface area contributed by atoms with Gasteiger partial charge in [-0.05, 0) is 31.0 Å². The van der Waals surface area contributed by atoms with Crippen molar-refractivity contribution in [3.05, 3.63) is 29.8 Å². The Hall–Kier alpha value is -2.04. The zero-order valence-corrected chi connectivity index (χ0v) is 12.5. The number of hydrogen-bond acceptors (Lipinski definition) is 3. The van der Waals surface area contributed by atoms with Crippen LogP contribution in [0.3, 0.4) is 0 Å².